The summed E-state index contributed by atoms with van der Waals surface area (Å²) in [5, 5.41) is 14.8. The highest BCUT2D eigenvalue weighted by Crippen LogP contribution is 2.29. The summed E-state index contributed by atoms with van der Waals surface area (Å²) in [5.74, 6) is -0.640. The monoisotopic (exact) mass is 423 g/mol. The van der Waals surface area contributed by atoms with Crippen LogP contribution in [0, 0.1) is 5.92 Å². The zero-order valence-electron chi connectivity index (χ0n) is 18.8. The molecule has 0 heterocycles. The van der Waals surface area contributed by atoms with Crippen LogP contribution in [0.15, 0.2) is 0 Å². The number of nitrogens with one attached hydrogen (secondary N) is 2. The fourth-order valence-corrected chi connectivity index (χ4v) is 4.90. The Kier molecular flexibility index (Phi) is 10.4. The average Bonchev–Trinajstić information content (AvgIpc) is 2.76. The first-order valence-electron chi connectivity index (χ1n) is 12.0. The minimum absolute atomic E-state index is 0.0388. The third-order valence-corrected chi connectivity index (χ3v) is 6.82. The predicted octanol–water partition coefficient (Wildman–Crippen LogP) is 4.06. The summed E-state index contributed by atoms with van der Waals surface area (Å²) >= 11 is 0. The quantitative estimate of drug-likeness (QED) is 0.493. The van der Waals surface area contributed by atoms with E-state index in [2.05, 4.69) is 10.6 Å². The molecule has 0 aliphatic heterocycles. The van der Waals surface area contributed by atoms with Crippen LogP contribution in [-0.4, -0.2) is 53.1 Å². The number of hydrogen-bond donors (Lipinski definition) is 3. The number of carbonyl (C=O) groups is 3. The Labute approximate surface area is 181 Å². The third kappa shape index (κ3) is 7.80. The number of carboxylic acid groups (broad SMARTS) is 1. The van der Waals surface area contributed by atoms with E-state index in [1.807, 2.05) is 18.9 Å². The van der Waals surface area contributed by atoms with Crippen molar-refractivity contribution in [1.82, 2.24) is 15.5 Å². The third-order valence-electron chi connectivity index (χ3n) is 6.82. The molecule has 0 saturated heterocycles. The first-order chi connectivity index (χ1) is 14.4. The van der Waals surface area contributed by atoms with E-state index < -0.39 is 24.1 Å². The normalized spacial score (nSPS) is 20.2. The van der Waals surface area contributed by atoms with Gasteiger partial charge in [0.05, 0.1) is 0 Å². The van der Waals surface area contributed by atoms with E-state index in [1.165, 1.54) is 25.7 Å². The molecule has 2 saturated carbocycles. The van der Waals surface area contributed by atoms with E-state index in [0.717, 1.165) is 51.4 Å². The van der Waals surface area contributed by atoms with Gasteiger partial charge in [-0.1, -0.05) is 71.1 Å². The molecule has 1 unspecified atom stereocenters. The Bertz CT molecular complexity index is 557. The molecule has 7 heteroatoms. The van der Waals surface area contributed by atoms with Crippen LogP contribution < -0.4 is 10.6 Å². The molecule has 0 aromatic rings. The van der Waals surface area contributed by atoms with Crippen molar-refractivity contribution in [1.29, 1.82) is 0 Å². The zero-order chi connectivity index (χ0) is 21.9. The lowest BCUT2D eigenvalue weighted by Gasteiger charge is -2.35. The van der Waals surface area contributed by atoms with Gasteiger partial charge in [0.2, 0.25) is 5.91 Å². The number of carboxylic acids is 1. The van der Waals surface area contributed by atoms with Gasteiger partial charge in [-0.05, 0) is 31.6 Å². The molecule has 2 aliphatic rings. The second-order valence-electron chi connectivity index (χ2n) is 9.18. The largest absolute Gasteiger partial charge is 0.480 e. The van der Waals surface area contributed by atoms with Crippen LogP contribution in [0.1, 0.15) is 96.8 Å². The van der Waals surface area contributed by atoms with Crippen molar-refractivity contribution in [3.05, 3.63) is 0 Å². The second kappa shape index (κ2) is 12.8. The highest BCUT2D eigenvalue weighted by Gasteiger charge is 2.32. The Hall–Kier alpha value is -1.79. The maximum Gasteiger partial charge on any atom is 0.326 e. The minimum atomic E-state index is -1.03. The van der Waals surface area contributed by atoms with Crippen LogP contribution in [0.2, 0.25) is 0 Å². The van der Waals surface area contributed by atoms with Crippen molar-refractivity contribution >= 4 is 17.9 Å². The summed E-state index contributed by atoms with van der Waals surface area (Å²) in [6.45, 7) is 1.99. The SMILES string of the molecule is CCCCC(NC(=O)N[C@H](CC1CCCCC1)C(=O)N(C)C1CCCCC1)C(=O)O. The van der Waals surface area contributed by atoms with Gasteiger partial charge in [-0.25, -0.2) is 9.59 Å². The van der Waals surface area contributed by atoms with Gasteiger partial charge in [0.1, 0.15) is 12.1 Å². The van der Waals surface area contributed by atoms with E-state index in [9.17, 15) is 19.5 Å². The highest BCUT2D eigenvalue weighted by atomic mass is 16.4. The first kappa shape index (κ1) is 24.5. The van der Waals surface area contributed by atoms with Crippen LogP contribution in [0.4, 0.5) is 4.79 Å². The zero-order valence-corrected chi connectivity index (χ0v) is 18.8. The molecule has 0 aromatic heterocycles. The van der Waals surface area contributed by atoms with E-state index in [4.69, 9.17) is 0 Å². The molecule has 2 aliphatic carbocycles. The molecule has 3 amide bonds. The van der Waals surface area contributed by atoms with E-state index in [-0.39, 0.29) is 11.9 Å². The lowest BCUT2D eigenvalue weighted by Crippen LogP contribution is -2.55. The number of urea groups is 1. The maximum absolute atomic E-state index is 13.3. The number of nitrogens with zero attached hydrogens (tertiary/aromatic N) is 1. The molecule has 3 N–H and O–H groups in total. The lowest BCUT2D eigenvalue weighted by atomic mass is 9.84. The van der Waals surface area contributed by atoms with Crippen LogP contribution in [0.25, 0.3) is 0 Å². The molecule has 7 nitrogen and oxygen atoms in total. The Morgan fingerprint density at radius 2 is 1.50 bits per heavy atom. The molecular weight excluding hydrogens is 382 g/mol. The fraction of sp³-hybridized carbons (Fsp3) is 0.870. The Morgan fingerprint density at radius 3 is 2.07 bits per heavy atom. The van der Waals surface area contributed by atoms with Crippen molar-refractivity contribution in [2.45, 2.75) is 115 Å². The minimum Gasteiger partial charge on any atom is -0.480 e. The first-order valence-corrected chi connectivity index (χ1v) is 12.0. The summed E-state index contributed by atoms with van der Waals surface area (Å²) < 4.78 is 0. The lowest BCUT2D eigenvalue weighted by molar-refractivity contribution is -0.139. The fourth-order valence-electron chi connectivity index (χ4n) is 4.90. The van der Waals surface area contributed by atoms with Gasteiger partial charge in [0.15, 0.2) is 0 Å². The van der Waals surface area contributed by atoms with Crippen LogP contribution >= 0.6 is 0 Å². The summed E-state index contributed by atoms with van der Waals surface area (Å²) in [7, 11) is 1.85. The molecule has 172 valence electrons. The van der Waals surface area contributed by atoms with Crippen molar-refractivity contribution in [2.75, 3.05) is 7.05 Å². The predicted molar refractivity (Wildman–Crippen MR) is 117 cm³/mol. The summed E-state index contributed by atoms with van der Waals surface area (Å²) in [4.78, 5) is 39.2. The van der Waals surface area contributed by atoms with E-state index in [0.29, 0.717) is 18.8 Å². The molecule has 0 aromatic carbocycles. The van der Waals surface area contributed by atoms with E-state index in [1.54, 1.807) is 0 Å². The van der Waals surface area contributed by atoms with Gasteiger partial charge in [0, 0.05) is 13.1 Å². The Morgan fingerprint density at radius 1 is 0.933 bits per heavy atom. The van der Waals surface area contributed by atoms with Crippen LogP contribution in [-0.2, 0) is 9.59 Å². The van der Waals surface area contributed by atoms with E-state index >= 15 is 0 Å². The molecular formula is C23H41N3O4. The Balaban J connectivity index is 2.02. The van der Waals surface area contributed by atoms with Gasteiger partial charge < -0.3 is 20.6 Å². The maximum atomic E-state index is 13.3. The topological polar surface area (TPSA) is 98.7 Å². The standard InChI is InChI=1S/C23H41N3O4/c1-3-4-15-19(22(28)29)24-23(30)25-20(16-17-11-7-5-8-12-17)21(27)26(2)18-13-9-6-10-14-18/h17-20H,3-16H2,1-2H3,(H,28,29)(H2,24,25,30)/t19?,20-/m1/s1. The van der Waals surface area contributed by atoms with Crippen LogP contribution in [0.5, 0.6) is 0 Å². The van der Waals surface area contributed by atoms with Gasteiger partial charge in [0.25, 0.3) is 0 Å². The molecule has 2 fully saturated rings. The van der Waals surface area contributed by atoms with Gasteiger partial charge in [-0.2, -0.15) is 0 Å². The molecule has 2 atom stereocenters. The number of unbranched alkanes of at least 4 members (excludes halogenated alkanes) is 1. The number of aliphatic carboxylic acids is 1. The number of likely N-dealkylation sites (N-methyl/N-ethyl adjacent to an activating group) is 1. The molecule has 2 rings (SSSR count). The van der Waals surface area contributed by atoms with Gasteiger partial charge in [-0.3, -0.25) is 4.79 Å². The second-order valence-corrected chi connectivity index (χ2v) is 9.18. The average molecular weight is 424 g/mol. The van der Waals surface area contributed by atoms with Crippen molar-refractivity contribution in [2.24, 2.45) is 5.92 Å². The summed E-state index contributed by atoms with van der Waals surface area (Å²) in [6, 6.07) is -1.84. The molecule has 30 heavy (non-hydrogen) atoms. The molecule has 0 bridgehead atoms. The smallest absolute Gasteiger partial charge is 0.326 e. The van der Waals surface area contributed by atoms with Gasteiger partial charge >= 0.3 is 12.0 Å². The number of amides is 3. The van der Waals surface area contributed by atoms with Crippen LogP contribution in [0.3, 0.4) is 0 Å². The molecule has 0 radical (unpaired) electrons. The summed E-state index contributed by atoms with van der Waals surface area (Å²) in [5.41, 5.74) is 0. The van der Waals surface area contributed by atoms with Crippen molar-refractivity contribution in [3.63, 3.8) is 0 Å². The number of carbonyl (C=O) groups excluding carboxylic acids is 2. The molecule has 0 spiro atoms. The number of rotatable bonds is 10. The summed E-state index contributed by atoms with van der Waals surface area (Å²) in [6.07, 6.45) is 13.9. The van der Waals surface area contributed by atoms with Gasteiger partial charge in [-0.15, -0.1) is 0 Å². The highest BCUT2D eigenvalue weighted by molar-refractivity contribution is 5.88. The van der Waals surface area contributed by atoms with Crippen molar-refractivity contribution < 1.29 is 19.5 Å². The number of hydrogen-bond acceptors (Lipinski definition) is 3. The van der Waals surface area contributed by atoms with Crippen molar-refractivity contribution in [3.8, 4) is 0 Å².